The van der Waals surface area contributed by atoms with Crippen LogP contribution in [-0.2, 0) is 11.3 Å². The van der Waals surface area contributed by atoms with Gasteiger partial charge in [0.2, 0.25) is 0 Å². The van der Waals surface area contributed by atoms with E-state index >= 15 is 0 Å². The molecule has 1 amide bonds. The first kappa shape index (κ1) is 19.2. The first-order valence-corrected chi connectivity index (χ1v) is 10.9. The number of aryl methyl sites for hydroxylation is 2. The van der Waals surface area contributed by atoms with Crippen molar-refractivity contribution in [3.8, 4) is 17.0 Å². The summed E-state index contributed by atoms with van der Waals surface area (Å²) in [5.41, 5.74) is 3.86. The summed E-state index contributed by atoms with van der Waals surface area (Å²) in [5.74, 6) is 0.748. The lowest BCUT2D eigenvalue weighted by molar-refractivity contribution is -0.126. The van der Waals surface area contributed by atoms with Crippen molar-refractivity contribution in [3.63, 3.8) is 0 Å². The highest BCUT2D eigenvalue weighted by atomic mass is 79.9. The van der Waals surface area contributed by atoms with Crippen LogP contribution in [0.1, 0.15) is 28.8 Å². The fourth-order valence-electron chi connectivity index (χ4n) is 3.46. The van der Waals surface area contributed by atoms with E-state index in [0.29, 0.717) is 13.0 Å². The van der Waals surface area contributed by atoms with Gasteiger partial charge in [-0.25, -0.2) is 4.98 Å². The van der Waals surface area contributed by atoms with Crippen molar-refractivity contribution in [1.29, 1.82) is 0 Å². The molecule has 4 nitrogen and oxygen atoms in total. The minimum atomic E-state index is -0.447. The number of benzene rings is 2. The molecule has 4 rings (SSSR count). The Bertz CT molecular complexity index is 1030. The molecule has 0 saturated carbocycles. The summed E-state index contributed by atoms with van der Waals surface area (Å²) < 4.78 is 7.01. The largest absolute Gasteiger partial charge is 0.478 e. The summed E-state index contributed by atoms with van der Waals surface area (Å²) in [5, 5.41) is 1.04. The third kappa shape index (κ3) is 3.59. The molecule has 6 heteroatoms. The van der Waals surface area contributed by atoms with E-state index in [1.165, 1.54) is 4.88 Å². The van der Waals surface area contributed by atoms with Gasteiger partial charge >= 0.3 is 0 Å². The van der Waals surface area contributed by atoms with Gasteiger partial charge in [-0.2, -0.15) is 0 Å². The van der Waals surface area contributed by atoms with Crippen molar-refractivity contribution in [2.45, 2.75) is 39.8 Å². The monoisotopic (exact) mass is 456 g/mol. The highest BCUT2D eigenvalue weighted by molar-refractivity contribution is 9.10. The number of aromatic nitrogens is 1. The first-order chi connectivity index (χ1) is 13.5. The van der Waals surface area contributed by atoms with Gasteiger partial charge in [-0.15, -0.1) is 11.3 Å². The number of ether oxygens (including phenoxy) is 1. The van der Waals surface area contributed by atoms with Gasteiger partial charge in [-0.3, -0.25) is 4.79 Å². The van der Waals surface area contributed by atoms with Gasteiger partial charge in [0.25, 0.3) is 5.91 Å². The molecule has 1 unspecified atom stereocenters. The van der Waals surface area contributed by atoms with Gasteiger partial charge in [-0.05, 0) is 56.2 Å². The summed E-state index contributed by atoms with van der Waals surface area (Å²) in [6, 6.07) is 14.1. The van der Waals surface area contributed by atoms with Crippen LogP contribution in [0.5, 0.6) is 5.75 Å². The SMILES string of the molecule is CCC1Oc2ccc(-c3nc(C)sc3C)cc2N(Cc2ccc(Br)cc2)C1=O. The Morgan fingerprint density at radius 3 is 2.57 bits per heavy atom. The van der Waals surface area contributed by atoms with Crippen LogP contribution in [0, 0.1) is 13.8 Å². The number of fused-ring (bicyclic) bond motifs is 1. The van der Waals surface area contributed by atoms with E-state index in [2.05, 4.69) is 27.8 Å². The number of thiazole rings is 1. The molecule has 0 fully saturated rings. The van der Waals surface area contributed by atoms with Gasteiger partial charge in [-0.1, -0.05) is 35.0 Å². The quantitative estimate of drug-likeness (QED) is 0.491. The fourth-order valence-corrected chi connectivity index (χ4v) is 4.57. The maximum absolute atomic E-state index is 13.1. The van der Waals surface area contributed by atoms with Crippen molar-refractivity contribution in [1.82, 2.24) is 4.98 Å². The van der Waals surface area contributed by atoms with Crippen LogP contribution >= 0.6 is 27.3 Å². The highest BCUT2D eigenvalue weighted by Gasteiger charge is 2.33. The lowest BCUT2D eigenvalue weighted by atomic mass is 10.1. The maximum Gasteiger partial charge on any atom is 0.268 e. The van der Waals surface area contributed by atoms with E-state index in [9.17, 15) is 4.79 Å². The highest BCUT2D eigenvalue weighted by Crippen LogP contribution is 2.40. The zero-order valence-corrected chi connectivity index (χ0v) is 18.4. The lowest BCUT2D eigenvalue weighted by Gasteiger charge is -2.34. The average molecular weight is 457 g/mol. The van der Waals surface area contributed by atoms with Crippen molar-refractivity contribution >= 4 is 38.9 Å². The molecule has 1 aliphatic heterocycles. The van der Waals surface area contributed by atoms with Crippen LogP contribution in [0.2, 0.25) is 0 Å². The topological polar surface area (TPSA) is 42.4 Å². The predicted molar refractivity (Wildman–Crippen MR) is 117 cm³/mol. The van der Waals surface area contributed by atoms with Crippen molar-refractivity contribution in [2.24, 2.45) is 0 Å². The molecule has 1 aliphatic rings. The first-order valence-electron chi connectivity index (χ1n) is 9.27. The lowest BCUT2D eigenvalue weighted by Crippen LogP contribution is -2.45. The second-order valence-electron chi connectivity index (χ2n) is 6.89. The van der Waals surface area contributed by atoms with Gasteiger partial charge in [0, 0.05) is 14.9 Å². The van der Waals surface area contributed by atoms with Crippen LogP contribution in [0.25, 0.3) is 11.3 Å². The van der Waals surface area contributed by atoms with Crippen LogP contribution in [0.4, 0.5) is 5.69 Å². The molecule has 144 valence electrons. The molecule has 0 saturated heterocycles. The number of nitrogens with zero attached hydrogens (tertiary/aromatic N) is 2. The Balaban J connectivity index is 1.77. The third-order valence-electron chi connectivity index (χ3n) is 4.86. The summed E-state index contributed by atoms with van der Waals surface area (Å²) in [6.07, 6.45) is 0.193. The Morgan fingerprint density at radius 1 is 1.18 bits per heavy atom. The Labute approximate surface area is 177 Å². The van der Waals surface area contributed by atoms with Gasteiger partial charge in [0.05, 0.1) is 22.9 Å². The van der Waals surface area contributed by atoms with Gasteiger partial charge in [0.1, 0.15) is 5.75 Å². The Morgan fingerprint density at radius 2 is 1.93 bits per heavy atom. The summed E-state index contributed by atoms with van der Waals surface area (Å²) in [7, 11) is 0. The van der Waals surface area contributed by atoms with Gasteiger partial charge in [0.15, 0.2) is 6.10 Å². The number of amides is 1. The molecule has 2 heterocycles. The van der Waals surface area contributed by atoms with Crippen LogP contribution < -0.4 is 9.64 Å². The number of anilines is 1. The summed E-state index contributed by atoms with van der Waals surface area (Å²) in [6.45, 7) is 6.57. The second kappa shape index (κ2) is 7.68. The summed E-state index contributed by atoms with van der Waals surface area (Å²) in [4.78, 5) is 20.8. The van der Waals surface area contributed by atoms with Gasteiger partial charge < -0.3 is 9.64 Å². The number of hydrogen-bond acceptors (Lipinski definition) is 4. The molecule has 2 aromatic carbocycles. The molecule has 0 spiro atoms. The number of carbonyl (C=O) groups is 1. The normalized spacial score (nSPS) is 16.1. The maximum atomic E-state index is 13.1. The molecular formula is C22H21BrN2O2S. The molecular weight excluding hydrogens is 436 g/mol. The minimum absolute atomic E-state index is 0.00116. The fraction of sp³-hybridized carbons (Fsp3) is 0.273. The number of halogens is 1. The van der Waals surface area contributed by atoms with Crippen molar-refractivity contribution in [3.05, 3.63) is 62.4 Å². The number of carbonyl (C=O) groups excluding carboxylic acids is 1. The standard InChI is InChI=1S/C22H21BrN2O2S/c1-4-19-22(26)25(12-15-5-8-17(23)9-6-15)18-11-16(7-10-20(18)27-19)21-13(2)28-14(3)24-21/h5-11,19H,4,12H2,1-3H3. The molecule has 1 aromatic heterocycles. The molecule has 0 bridgehead atoms. The average Bonchev–Trinajstić information content (AvgIpc) is 3.03. The predicted octanol–water partition coefficient (Wildman–Crippen LogP) is 5.89. The number of hydrogen-bond donors (Lipinski definition) is 0. The van der Waals surface area contributed by atoms with E-state index in [1.807, 2.05) is 61.2 Å². The zero-order chi connectivity index (χ0) is 19.8. The molecule has 0 aliphatic carbocycles. The second-order valence-corrected chi connectivity index (χ2v) is 9.21. The zero-order valence-electron chi connectivity index (χ0n) is 16.0. The van der Waals surface area contributed by atoms with E-state index in [-0.39, 0.29) is 5.91 Å². The summed E-state index contributed by atoms with van der Waals surface area (Å²) >= 11 is 5.15. The number of rotatable bonds is 4. The smallest absolute Gasteiger partial charge is 0.268 e. The van der Waals surface area contributed by atoms with Crippen LogP contribution in [-0.4, -0.2) is 17.0 Å². The third-order valence-corrected chi connectivity index (χ3v) is 6.28. The Kier molecular flexibility index (Phi) is 5.25. The molecule has 28 heavy (non-hydrogen) atoms. The van der Waals surface area contributed by atoms with E-state index in [1.54, 1.807) is 11.3 Å². The van der Waals surface area contributed by atoms with Crippen LogP contribution in [0.3, 0.4) is 0 Å². The van der Waals surface area contributed by atoms with E-state index in [0.717, 1.165) is 37.7 Å². The van der Waals surface area contributed by atoms with Crippen molar-refractivity contribution in [2.75, 3.05) is 4.90 Å². The van der Waals surface area contributed by atoms with E-state index < -0.39 is 6.10 Å². The van der Waals surface area contributed by atoms with Crippen LogP contribution in [0.15, 0.2) is 46.9 Å². The van der Waals surface area contributed by atoms with Crippen molar-refractivity contribution < 1.29 is 9.53 Å². The molecule has 0 radical (unpaired) electrons. The molecule has 0 N–H and O–H groups in total. The van der Waals surface area contributed by atoms with E-state index in [4.69, 9.17) is 4.74 Å². The molecule has 3 aromatic rings. The Hall–Kier alpha value is -2.18. The minimum Gasteiger partial charge on any atom is -0.478 e. The molecule has 1 atom stereocenters.